The van der Waals surface area contributed by atoms with Crippen molar-refractivity contribution >= 4 is 17.9 Å². The molecule has 406 valence electrons. The van der Waals surface area contributed by atoms with E-state index in [9.17, 15) is 14.4 Å². The van der Waals surface area contributed by atoms with E-state index in [2.05, 4.69) is 81.5 Å². The SMILES string of the molecule is CC/C=C\C/C=C\C/C=C\CCCCCCCC(=O)OC(COC(=O)CCCCCCC/C=C\C/C=C\CCCCC)COC(=O)CCCCCCCCCCCCCCCCCCCCCCCC. The molecule has 1 unspecified atom stereocenters. The zero-order valence-corrected chi connectivity index (χ0v) is 46.5. The van der Waals surface area contributed by atoms with Gasteiger partial charge in [-0.2, -0.15) is 0 Å². The number of unbranched alkanes of at least 4 members (excludes halogenated alkanes) is 34. The van der Waals surface area contributed by atoms with E-state index in [4.69, 9.17) is 14.2 Å². The Hall–Kier alpha value is -2.89. The van der Waals surface area contributed by atoms with E-state index < -0.39 is 6.10 Å². The lowest BCUT2D eigenvalue weighted by Crippen LogP contribution is -2.30. The third kappa shape index (κ3) is 56.0. The molecule has 1 atom stereocenters. The quantitative estimate of drug-likeness (QED) is 0.0261. The van der Waals surface area contributed by atoms with Crippen molar-refractivity contribution in [1.82, 2.24) is 0 Å². The van der Waals surface area contributed by atoms with Crippen LogP contribution in [0.3, 0.4) is 0 Å². The zero-order chi connectivity index (χ0) is 50.7. The monoisotopic (exact) mass is 979 g/mol. The first kappa shape index (κ1) is 67.1. The van der Waals surface area contributed by atoms with Crippen LogP contribution in [0.4, 0.5) is 0 Å². The van der Waals surface area contributed by atoms with Gasteiger partial charge in [0.05, 0.1) is 0 Å². The molecule has 0 aliphatic carbocycles. The third-order valence-electron chi connectivity index (χ3n) is 13.3. The fourth-order valence-corrected chi connectivity index (χ4v) is 8.72. The normalized spacial score (nSPS) is 12.4. The van der Waals surface area contributed by atoms with Crippen LogP contribution < -0.4 is 0 Å². The molecule has 0 radical (unpaired) electrons. The Balaban J connectivity index is 4.32. The predicted molar refractivity (Wildman–Crippen MR) is 302 cm³/mol. The Morgan fingerprint density at radius 3 is 0.900 bits per heavy atom. The molecular formula is C64H114O6. The van der Waals surface area contributed by atoms with Gasteiger partial charge in [-0.15, -0.1) is 0 Å². The average Bonchev–Trinajstić information content (AvgIpc) is 3.36. The predicted octanol–water partition coefficient (Wildman–Crippen LogP) is 20.4. The van der Waals surface area contributed by atoms with Gasteiger partial charge >= 0.3 is 17.9 Å². The first-order valence-corrected chi connectivity index (χ1v) is 30.3. The van der Waals surface area contributed by atoms with Crippen molar-refractivity contribution in [2.75, 3.05) is 13.2 Å². The van der Waals surface area contributed by atoms with Gasteiger partial charge in [0.15, 0.2) is 6.10 Å². The minimum atomic E-state index is -0.788. The molecule has 0 aliphatic heterocycles. The van der Waals surface area contributed by atoms with Crippen LogP contribution in [-0.2, 0) is 28.6 Å². The number of ether oxygens (including phenoxy) is 3. The highest BCUT2D eigenvalue weighted by atomic mass is 16.6. The highest BCUT2D eigenvalue weighted by molar-refractivity contribution is 5.71. The van der Waals surface area contributed by atoms with Crippen LogP contribution in [-0.4, -0.2) is 37.2 Å². The van der Waals surface area contributed by atoms with Crippen LogP contribution in [0.15, 0.2) is 60.8 Å². The van der Waals surface area contributed by atoms with Crippen molar-refractivity contribution in [2.45, 2.75) is 316 Å². The van der Waals surface area contributed by atoms with Crippen LogP contribution in [0.1, 0.15) is 310 Å². The Morgan fingerprint density at radius 1 is 0.300 bits per heavy atom. The number of hydrogen-bond donors (Lipinski definition) is 0. The minimum absolute atomic E-state index is 0.0833. The van der Waals surface area contributed by atoms with Crippen molar-refractivity contribution < 1.29 is 28.6 Å². The van der Waals surface area contributed by atoms with Crippen molar-refractivity contribution in [3.8, 4) is 0 Å². The maximum Gasteiger partial charge on any atom is 0.306 e. The maximum absolute atomic E-state index is 12.9. The molecule has 6 nitrogen and oxygen atoms in total. The number of carbonyl (C=O) groups excluding carboxylic acids is 3. The molecule has 0 heterocycles. The summed E-state index contributed by atoms with van der Waals surface area (Å²) in [6.45, 7) is 6.51. The molecule has 0 aromatic carbocycles. The van der Waals surface area contributed by atoms with Gasteiger partial charge in [0.1, 0.15) is 13.2 Å². The highest BCUT2D eigenvalue weighted by Crippen LogP contribution is 2.17. The summed E-state index contributed by atoms with van der Waals surface area (Å²) >= 11 is 0. The third-order valence-corrected chi connectivity index (χ3v) is 13.3. The van der Waals surface area contributed by atoms with Gasteiger partial charge < -0.3 is 14.2 Å². The second kappa shape index (κ2) is 58.7. The van der Waals surface area contributed by atoms with E-state index in [1.807, 2.05) is 0 Å². The summed E-state index contributed by atoms with van der Waals surface area (Å²) in [5, 5.41) is 0. The smallest absolute Gasteiger partial charge is 0.306 e. The Labute approximate surface area is 434 Å². The molecular weight excluding hydrogens is 865 g/mol. The molecule has 70 heavy (non-hydrogen) atoms. The van der Waals surface area contributed by atoms with Crippen molar-refractivity contribution in [3.05, 3.63) is 60.8 Å². The molecule has 6 heteroatoms. The van der Waals surface area contributed by atoms with Gasteiger partial charge in [-0.3, -0.25) is 14.4 Å². The lowest BCUT2D eigenvalue weighted by molar-refractivity contribution is -0.167. The van der Waals surface area contributed by atoms with Gasteiger partial charge in [0.2, 0.25) is 0 Å². The second-order valence-corrected chi connectivity index (χ2v) is 20.2. The van der Waals surface area contributed by atoms with Crippen molar-refractivity contribution in [3.63, 3.8) is 0 Å². The molecule has 0 amide bonds. The fourth-order valence-electron chi connectivity index (χ4n) is 8.72. The summed E-state index contributed by atoms with van der Waals surface area (Å²) in [6.07, 6.45) is 73.6. The van der Waals surface area contributed by atoms with Crippen LogP contribution in [0, 0.1) is 0 Å². The number of rotatable bonds is 55. The van der Waals surface area contributed by atoms with Crippen LogP contribution in [0.25, 0.3) is 0 Å². The van der Waals surface area contributed by atoms with E-state index in [1.54, 1.807) is 0 Å². The molecule has 0 fully saturated rings. The number of hydrogen-bond acceptors (Lipinski definition) is 6. The standard InChI is InChI=1S/C64H114O6/c1-4-7-10-13-16-19-22-25-28-29-30-31-32-33-34-37-39-42-45-48-51-54-57-63(66)69-60-61(70-64(67)58-55-52-49-46-43-40-36-27-24-21-18-15-12-9-6-3)59-68-62(65)56-53-50-47-44-41-38-35-26-23-20-17-14-11-8-5-2/h9,12,17-18,20-21,26-27,35-36,61H,4-8,10-11,13-16,19,22-25,28-34,37-60H2,1-3H3/b12-9-,20-17-,21-18-,35-26-,36-27-. The minimum Gasteiger partial charge on any atom is -0.462 e. The average molecular weight is 980 g/mol. The lowest BCUT2D eigenvalue weighted by Gasteiger charge is -2.18. The number of allylic oxidation sites excluding steroid dienone is 10. The summed E-state index contributed by atoms with van der Waals surface area (Å²) in [4.78, 5) is 38.2. The summed E-state index contributed by atoms with van der Waals surface area (Å²) < 4.78 is 16.9. The first-order chi connectivity index (χ1) is 34.5. The Kier molecular flexibility index (Phi) is 56.3. The molecule has 0 aliphatic rings. The lowest BCUT2D eigenvalue weighted by atomic mass is 10.0. The molecule has 0 bridgehead atoms. The van der Waals surface area contributed by atoms with E-state index in [-0.39, 0.29) is 31.1 Å². The summed E-state index contributed by atoms with van der Waals surface area (Å²) in [7, 11) is 0. The van der Waals surface area contributed by atoms with E-state index >= 15 is 0 Å². The van der Waals surface area contributed by atoms with Gasteiger partial charge in [-0.25, -0.2) is 0 Å². The summed E-state index contributed by atoms with van der Waals surface area (Å²) in [6, 6.07) is 0. The highest BCUT2D eigenvalue weighted by Gasteiger charge is 2.19. The molecule has 0 rings (SSSR count). The van der Waals surface area contributed by atoms with Crippen LogP contribution >= 0.6 is 0 Å². The molecule has 0 saturated carbocycles. The molecule has 0 N–H and O–H groups in total. The largest absolute Gasteiger partial charge is 0.462 e. The van der Waals surface area contributed by atoms with E-state index in [0.717, 1.165) is 116 Å². The second-order valence-electron chi connectivity index (χ2n) is 20.2. The zero-order valence-electron chi connectivity index (χ0n) is 46.5. The Morgan fingerprint density at radius 2 is 0.557 bits per heavy atom. The molecule has 0 aromatic rings. The topological polar surface area (TPSA) is 78.9 Å². The maximum atomic E-state index is 12.9. The summed E-state index contributed by atoms with van der Waals surface area (Å²) in [5.74, 6) is -0.901. The molecule has 0 spiro atoms. The van der Waals surface area contributed by atoms with Crippen molar-refractivity contribution in [1.29, 1.82) is 0 Å². The number of esters is 3. The van der Waals surface area contributed by atoms with E-state index in [1.165, 1.54) is 154 Å². The van der Waals surface area contributed by atoms with Crippen LogP contribution in [0.2, 0.25) is 0 Å². The van der Waals surface area contributed by atoms with Crippen molar-refractivity contribution in [2.24, 2.45) is 0 Å². The van der Waals surface area contributed by atoms with Gasteiger partial charge in [0.25, 0.3) is 0 Å². The molecule has 0 saturated heterocycles. The number of carbonyl (C=O) groups is 3. The van der Waals surface area contributed by atoms with E-state index in [0.29, 0.717) is 19.3 Å². The Bertz CT molecular complexity index is 1260. The fraction of sp³-hybridized carbons (Fsp3) is 0.797. The van der Waals surface area contributed by atoms with Gasteiger partial charge in [0, 0.05) is 19.3 Å². The first-order valence-electron chi connectivity index (χ1n) is 30.3. The molecule has 0 aromatic heterocycles. The summed E-state index contributed by atoms with van der Waals surface area (Å²) in [5.41, 5.74) is 0. The van der Waals surface area contributed by atoms with Gasteiger partial charge in [-0.1, -0.05) is 268 Å². The van der Waals surface area contributed by atoms with Gasteiger partial charge in [-0.05, 0) is 83.5 Å². The van der Waals surface area contributed by atoms with Crippen LogP contribution in [0.5, 0.6) is 0 Å².